The Balaban J connectivity index is 1.78. The Bertz CT molecular complexity index is 430. The van der Waals surface area contributed by atoms with Gasteiger partial charge in [-0.15, -0.1) is 11.3 Å². The smallest absolute Gasteiger partial charge is 0.241 e. The molecule has 2 heterocycles. The highest BCUT2D eigenvalue weighted by atomic mass is 32.1. The molecule has 1 aliphatic rings. The van der Waals surface area contributed by atoms with Crippen molar-refractivity contribution in [2.75, 3.05) is 6.54 Å². The van der Waals surface area contributed by atoms with E-state index in [1.807, 2.05) is 11.8 Å². The Kier molecular flexibility index (Phi) is 6.24. The minimum Gasteiger partial charge on any atom is -0.321 e. The van der Waals surface area contributed by atoms with E-state index in [0.717, 1.165) is 18.9 Å². The number of thiophene rings is 1. The average molecular weight is 308 g/mol. The second-order valence-corrected chi connectivity index (χ2v) is 7.41. The normalized spacial score (nSPS) is 22.5. The van der Waals surface area contributed by atoms with Gasteiger partial charge in [-0.1, -0.05) is 45.6 Å². The van der Waals surface area contributed by atoms with Crippen LogP contribution in [0.5, 0.6) is 0 Å². The van der Waals surface area contributed by atoms with Crippen molar-refractivity contribution in [1.29, 1.82) is 0 Å². The Labute approximate surface area is 132 Å². The van der Waals surface area contributed by atoms with Crippen molar-refractivity contribution in [3.05, 3.63) is 22.4 Å². The fourth-order valence-electron chi connectivity index (χ4n) is 2.88. The summed E-state index contributed by atoms with van der Waals surface area (Å²) in [6.45, 7) is 7.40. The molecule has 2 rings (SSSR count). The van der Waals surface area contributed by atoms with E-state index in [9.17, 15) is 4.79 Å². The lowest BCUT2D eigenvalue weighted by Crippen LogP contribution is -2.31. The van der Waals surface area contributed by atoms with E-state index >= 15 is 0 Å². The molecule has 2 unspecified atom stereocenters. The number of rotatable bonds is 8. The van der Waals surface area contributed by atoms with Crippen molar-refractivity contribution in [2.24, 2.45) is 5.92 Å². The molecule has 0 bridgehead atoms. The van der Waals surface area contributed by atoms with Gasteiger partial charge >= 0.3 is 0 Å². The number of amides is 1. The molecular weight excluding hydrogens is 280 g/mol. The second-order valence-electron chi connectivity index (χ2n) is 6.43. The molecule has 1 aromatic heterocycles. The van der Waals surface area contributed by atoms with Gasteiger partial charge in [-0.05, 0) is 30.7 Å². The zero-order chi connectivity index (χ0) is 15.2. The molecule has 0 aliphatic carbocycles. The third kappa shape index (κ3) is 4.55. The van der Waals surface area contributed by atoms with Crippen LogP contribution in [-0.4, -0.2) is 23.4 Å². The predicted molar refractivity (Wildman–Crippen MR) is 89.3 cm³/mol. The van der Waals surface area contributed by atoms with E-state index in [-0.39, 0.29) is 18.1 Å². The summed E-state index contributed by atoms with van der Waals surface area (Å²) in [5.74, 6) is 1.05. The summed E-state index contributed by atoms with van der Waals surface area (Å²) >= 11 is 1.72. The standard InChI is InChI=1S/C17H28N2OS/c1-13(2)9-6-4-5-7-11-19-16(15-10-8-12-21-15)18-14(3)17(19)20/h8,10,12-14,16,18H,4-7,9,11H2,1-3H3. The van der Waals surface area contributed by atoms with Crippen molar-refractivity contribution in [3.8, 4) is 0 Å². The maximum absolute atomic E-state index is 12.3. The Morgan fingerprint density at radius 3 is 2.71 bits per heavy atom. The Morgan fingerprint density at radius 1 is 1.29 bits per heavy atom. The summed E-state index contributed by atoms with van der Waals surface area (Å²) in [7, 11) is 0. The van der Waals surface area contributed by atoms with Crippen LogP contribution >= 0.6 is 11.3 Å². The topological polar surface area (TPSA) is 32.3 Å². The lowest BCUT2D eigenvalue weighted by molar-refractivity contribution is -0.129. The number of unbranched alkanes of at least 4 members (excludes halogenated alkanes) is 3. The molecular formula is C17H28N2OS. The van der Waals surface area contributed by atoms with Gasteiger partial charge in [-0.25, -0.2) is 0 Å². The number of hydrogen-bond acceptors (Lipinski definition) is 3. The molecule has 0 saturated carbocycles. The minimum atomic E-state index is -0.0574. The van der Waals surface area contributed by atoms with Crippen LogP contribution in [0.4, 0.5) is 0 Å². The van der Waals surface area contributed by atoms with Gasteiger partial charge in [0, 0.05) is 11.4 Å². The molecule has 1 saturated heterocycles. The van der Waals surface area contributed by atoms with Gasteiger partial charge in [-0.3, -0.25) is 10.1 Å². The first-order valence-electron chi connectivity index (χ1n) is 8.19. The zero-order valence-corrected chi connectivity index (χ0v) is 14.3. The summed E-state index contributed by atoms with van der Waals surface area (Å²) in [5.41, 5.74) is 0. The van der Waals surface area contributed by atoms with Crippen molar-refractivity contribution in [1.82, 2.24) is 10.2 Å². The first-order chi connectivity index (χ1) is 10.1. The second kappa shape index (κ2) is 7.95. The fraction of sp³-hybridized carbons (Fsp3) is 0.706. The number of nitrogens with one attached hydrogen (secondary N) is 1. The molecule has 0 aromatic carbocycles. The van der Waals surface area contributed by atoms with E-state index in [4.69, 9.17) is 0 Å². The van der Waals surface area contributed by atoms with Crippen molar-refractivity contribution in [2.45, 2.75) is 65.1 Å². The monoisotopic (exact) mass is 308 g/mol. The Hall–Kier alpha value is -0.870. The third-order valence-electron chi connectivity index (χ3n) is 4.12. The van der Waals surface area contributed by atoms with Gasteiger partial charge < -0.3 is 4.90 Å². The molecule has 2 atom stereocenters. The molecule has 1 fully saturated rings. The maximum atomic E-state index is 12.3. The van der Waals surface area contributed by atoms with E-state index in [1.165, 1.54) is 30.6 Å². The SMILES string of the molecule is CC(C)CCCCCCN1C(=O)C(C)NC1c1cccs1. The highest BCUT2D eigenvalue weighted by Gasteiger charge is 2.36. The van der Waals surface area contributed by atoms with Crippen LogP contribution in [0.1, 0.15) is 63.9 Å². The lowest BCUT2D eigenvalue weighted by atomic mass is 10.0. The molecule has 21 heavy (non-hydrogen) atoms. The average Bonchev–Trinajstić information content (AvgIpc) is 3.05. The molecule has 0 spiro atoms. The first kappa shape index (κ1) is 16.5. The van der Waals surface area contributed by atoms with Crippen LogP contribution in [0.15, 0.2) is 17.5 Å². The molecule has 0 radical (unpaired) electrons. The number of carbonyl (C=O) groups excluding carboxylic acids is 1. The highest BCUT2D eigenvalue weighted by molar-refractivity contribution is 7.10. The van der Waals surface area contributed by atoms with Crippen molar-refractivity contribution in [3.63, 3.8) is 0 Å². The summed E-state index contributed by atoms with van der Waals surface area (Å²) in [6, 6.07) is 4.11. The summed E-state index contributed by atoms with van der Waals surface area (Å²) < 4.78 is 0. The molecule has 1 aromatic rings. The van der Waals surface area contributed by atoms with Crippen LogP contribution in [-0.2, 0) is 4.79 Å². The number of carbonyl (C=O) groups is 1. The van der Waals surface area contributed by atoms with Crippen LogP contribution in [0, 0.1) is 5.92 Å². The number of hydrogen-bond donors (Lipinski definition) is 1. The first-order valence-corrected chi connectivity index (χ1v) is 9.07. The quantitative estimate of drug-likeness (QED) is 0.731. The van der Waals surface area contributed by atoms with E-state index < -0.39 is 0 Å². The number of nitrogens with zero attached hydrogens (tertiary/aromatic N) is 1. The van der Waals surface area contributed by atoms with Crippen molar-refractivity contribution < 1.29 is 4.79 Å². The van der Waals surface area contributed by atoms with E-state index in [0.29, 0.717) is 0 Å². The predicted octanol–water partition coefficient (Wildman–Crippen LogP) is 4.17. The van der Waals surface area contributed by atoms with Gasteiger partial charge in [0.2, 0.25) is 5.91 Å². The van der Waals surface area contributed by atoms with Crippen LogP contribution in [0.2, 0.25) is 0 Å². The fourth-order valence-corrected chi connectivity index (χ4v) is 3.68. The van der Waals surface area contributed by atoms with Crippen LogP contribution in [0.3, 0.4) is 0 Å². The Morgan fingerprint density at radius 2 is 2.05 bits per heavy atom. The molecule has 4 heteroatoms. The van der Waals surface area contributed by atoms with Gasteiger partial charge in [0.15, 0.2) is 0 Å². The van der Waals surface area contributed by atoms with E-state index in [1.54, 1.807) is 11.3 Å². The zero-order valence-electron chi connectivity index (χ0n) is 13.5. The lowest BCUT2D eigenvalue weighted by Gasteiger charge is -2.23. The molecule has 1 amide bonds. The molecule has 1 N–H and O–H groups in total. The summed E-state index contributed by atoms with van der Waals surface area (Å²) in [4.78, 5) is 15.6. The summed E-state index contributed by atoms with van der Waals surface area (Å²) in [6.07, 6.45) is 6.34. The van der Waals surface area contributed by atoms with Gasteiger partial charge in [-0.2, -0.15) is 0 Å². The van der Waals surface area contributed by atoms with Gasteiger partial charge in [0.1, 0.15) is 6.17 Å². The van der Waals surface area contributed by atoms with Crippen LogP contribution < -0.4 is 5.32 Å². The minimum absolute atomic E-state index is 0.0574. The summed E-state index contributed by atoms with van der Waals surface area (Å²) in [5, 5.41) is 5.49. The highest BCUT2D eigenvalue weighted by Crippen LogP contribution is 2.28. The molecule has 118 valence electrons. The van der Waals surface area contributed by atoms with Crippen molar-refractivity contribution >= 4 is 17.2 Å². The molecule has 3 nitrogen and oxygen atoms in total. The third-order valence-corrected chi connectivity index (χ3v) is 5.04. The van der Waals surface area contributed by atoms with Gasteiger partial charge in [0.25, 0.3) is 0 Å². The maximum Gasteiger partial charge on any atom is 0.241 e. The molecule has 1 aliphatic heterocycles. The van der Waals surface area contributed by atoms with Crippen LogP contribution in [0.25, 0.3) is 0 Å². The largest absolute Gasteiger partial charge is 0.321 e. The van der Waals surface area contributed by atoms with Gasteiger partial charge in [0.05, 0.1) is 6.04 Å². The van der Waals surface area contributed by atoms with E-state index in [2.05, 4.69) is 36.7 Å².